The minimum Gasteiger partial charge on any atom is -0.466 e. The van der Waals surface area contributed by atoms with Crippen molar-refractivity contribution in [2.24, 2.45) is 0 Å². The Morgan fingerprint density at radius 2 is 1.78 bits per heavy atom. The minimum absolute atomic E-state index is 0.151. The molecule has 2 N–H and O–H groups in total. The van der Waals surface area contributed by atoms with Crippen molar-refractivity contribution in [2.75, 3.05) is 12.3 Å². The molecule has 0 aliphatic carbocycles. The fourth-order valence-corrected chi connectivity index (χ4v) is 3.14. The summed E-state index contributed by atoms with van der Waals surface area (Å²) in [6.07, 6.45) is 1.98. The van der Waals surface area contributed by atoms with Crippen LogP contribution in [0.3, 0.4) is 0 Å². The second-order valence-corrected chi connectivity index (χ2v) is 6.63. The van der Waals surface area contributed by atoms with Crippen LogP contribution in [0.15, 0.2) is 48.5 Å². The first-order valence-electron chi connectivity index (χ1n) is 9.41. The molecule has 0 fully saturated rings. The number of benzene rings is 2. The van der Waals surface area contributed by atoms with E-state index < -0.39 is 0 Å². The van der Waals surface area contributed by atoms with Crippen LogP contribution in [0.2, 0.25) is 0 Å². The molecular formula is C22H26N3O2+. The van der Waals surface area contributed by atoms with Crippen LogP contribution >= 0.6 is 0 Å². The summed E-state index contributed by atoms with van der Waals surface area (Å²) in [7, 11) is 0. The van der Waals surface area contributed by atoms with E-state index >= 15 is 0 Å². The summed E-state index contributed by atoms with van der Waals surface area (Å²) < 4.78 is 6.83. The Bertz CT molecular complexity index is 936. The normalized spacial score (nSPS) is 10.9. The van der Waals surface area contributed by atoms with Gasteiger partial charge in [0.2, 0.25) is 0 Å². The number of fused-ring (bicyclic) bond motifs is 1. The number of nitrogens with two attached hydrogens (primary N) is 1. The number of esters is 1. The molecule has 3 rings (SSSR count). The molecule has 5 nitrogen and oxygen atoms in total. The Morgan fingerprint density at radius 3 is 2.48 bits per heavy atom. The first-order valence-corrected chi connectivity index (χ1v) is 9.41. The van der Waals surface area contributed by atoms with E-state index in [0.717, 1.165) is 34.9 Å². The maximum Gasteiger partial charge on any atom is 0.305 e. The van der Waals surface area contributed by atoms with Crippen LogP contribution in [0.25, 0.3) is 22.0 Å². The van der Waals surface area contributed by atoms with Gasteiger partial charge in [-0.15, -0.1) is 4.68 Å². The van der Waals surface area contributed by atoms with Crippen molar-refractivity contribution in [3.05, 3.63) is 54.1 Å². The average Bonchev–Trinajstić information content (AvgIpc) is 2.68. The quantitative estimate of drug-likeness (QED) is 0.393. The van der Waals surface area contributed by atoms with Crippen LogP contribution in [0.5, 0.6) is 0 Å². The van der Waals surface area contributed by atoms with Crippen molar-refractivity contribution >= 4 is 22.6 Å². The summed E-state index contributed by atoms with van der Waals surface area (Å²) >= 11 is 0. The van der Waals surface area contributed by atoms with Gasteiger partial charge in [0.05, 0.1) is 12.0 Å². The van der Waals surface area contributed by atoms with Crippen LogP contribution < -0.4 is 10.4 Å². The van der Waals surface area contributed by atoms with Gasteiger partial charge in [-0.2, -0.15) is 0 Å². The molecule has 0 atom stereocenters. The Morgan fingerprint density at radius 1 is 1.07 bits per heavy atom. The largest absolute Gasteiger partial charge is 0.466 e. The Balaban J connectivity index is 1.88. The molecular weight excluding hydrogens is 338 g/mol. The van der Waals surface area contributed by atoms with Gasteiger partial charge in [-0.3, -0.25) is 10.5 Å². The second kappa shape index (κ2) is 8.62. The smallest absolute Gasteiger partial charge is 0.305 e. The third kappa shape index (κ3) is 4.42. The van der Waals surface area contributed by atoms with Crippen molar-refractivity contribution in [2.45, 2.75) is 39.7 Å². The number of hydrogen-bond acceptors (Lipinski definition) is 4. The van der Waals surface area contributed by atoms with Crippen molar-refractivity contribution in [3.8, 4) is 11.3 Å². The van der Waals surface area contributed by atoms with Crippen molar-refractivity contribution < 1.29 is 14.2 Å². The molecule has 0 bridgehead atoms. The number of unbranched alkanes of at least 4 members (excludes halogenated alkanes) is 1. The SMILES string of the molecule is CCOC(=O)CCCC[n+]1nc(-c2ccc(C)cc2)c2ccccc2c1N. The average molecular weight is 364 g/mol. The van der Waals surface area contributed by atoms with E-state index in [1.165, 1.54) is 5.56 Å². The molecule has 1 aromatic heterocycles. The molecule has 0 aliphatic rings. The van der Waals surface area contributed by atoms with Crippen LogP contribution in [-0.2, 0) is 16.1 Å². The number of hydrogen-bond donors (Lipinski definition) is 1. The number of nitrogens with zero attached hydrogens (tertiary/aromatic N) is 2. The molecule has 2 aromatic carbocycles. The number of aromatic nitrogens is 2. The van der Waals surface area contributed by atoms with Crippen LogP contribution in [0, 0.1) is 6.92 Å². The number of nitrogen functional groups attached to an aromatic ring is 1. The fraction of sp³-hybridized carbons (Fsp3) is 0.318. The maximum atomic E-state index is 11.5. The zero-order chi connectivity index (χ0) is 19.2. The molecule has 5 heteroatoms. The molecule has 0 saturated heterocycles. The number of carbonyl (C=O) groups is 1. The van der Waals surface area contributed by atoms with Crippen molar-refractivity contribution in [1.29, 1.82) is 0 Å². The lowest BCUT2D eigenvalue weighted by molar-refractivity contribution is -0.738. The standard InChI is InChI=1S/C22H25N3O2/c1-3-27-20(26)10-6-7-15-25-22(23)19-9-5-4-8-18(19)21(24-25)17-13-11-16(2)12-14-17/h4-5,8-9,11-14,23H,3,6-7,10,15H2,1-2H3/p+1. The van der Waals surface area contributed by atoms with Crippen LogP contribution in [0.4, 0.5) is 5.82 Å². The molecule has 0 unspecified atom stereocenters. The van der Waals surface area contributed by atoms with Gasteiger partial charge in [0.1, 0.15) is 12.2 Å². The van der Waals surface area contributed by atoms with Gasteiger partial charge in [0.15, 0.2) is 0 Å². The molecule has 3 aromatic rings. The molecule has 0 amide bonds. The van der Waals surface area contributed by atoms with E-state index in [2.05, 4.69) is 37.3 Å². The number of ether oxygens (including phenoxy) is 1. The van der Waals surface area contributed by atoms with Gasteiger partial charge in [-0.25, -0.2) is 0 Å². The zero-order valence-electron chi connectivity index (χ0n) is 15.9. The van der Waals surface area contributed by atoms with E-state index in [9.17, 15) is 4.79 Å². The molecule has 27 heavy (non-hydrogen) atoms. The fourth-order valence-electron chi connectivity index (χ4n) is 3.14. The Labute approximate surface area is 159 Å². The summed E-state index contributed by atoms with van der Waals surface area (Å²) in [6, 6.07) is 16.4. The zero-order valence-corrected chi connectivity index (χ0v) is 15.9. The molecule has 140 valence electrons. The highest BCUT2D eigenvalue weighted by molar-refractivity contribution is 5.98. The van der Waals surface area contributed by atoms with E-state index in [4.69, 9.17) is 15.6 Å². The predicted molar refractivity (Wildman–Crippen MR) is 107 cm³/mol. The van der Waals surface area contributed by atoms with Crippen molar-refractivity contribution in [1.82, 2.24) is 5.10 Å². The third-order valence-electron chi connectivity index (χ3n) is 4.59. The van der Waals surface area contributed by atoms with Gasteiger partial charge >= 0.3 is 11.8 Å². The monoisotopic (exact) mass is 364 g/mol. The maximum absolute atomic E-state index is 11.5. The highest BCUT2D eigenvalue weighted by atomic mass is 16.5. The first kappa shape index (κ1) is 18.8. The Hall–Kier alpha value is -2.95. The lowest BCUT2D eigenvalue weighted by atomic mass is 10.0. The highest BCUT2D eigenvalue weighted by Crippen LogP contribution is 2.28. The van der Waals surface area contributed by atoms with E-state index in [1.54, 1.807) is 0 Å². The van der Waals surface area contributed by atoms with E-state index in [1.807, 2.05) is 29.8 Å². The number of aryl methyl sites for hydroxylation is 2. The summed E-state index contributed by atoms with van der Waals surface area (Å²) in [5, 5.41) is 6.87. The second-order valence-electron chi connectivity index (χ2n) is 6.63. The molecule has 0 radical (unpaired) electrons. The van der Waals surface area contributed by atoms with E-state index in [-0.39, 0.29) is 5.97 Å². The molecule has 0 aliphatic heterocycles. The van der Waals surface area contributed by atoms with Crippen molar-refractivity contribution in [3.63, 3.8) is 0 Å². The third-order valence-corrected chi connectivity index (χ3v) is 4.59. The summed E-state index contributed by atoms with van der Waals surface area (Å²) in [6.45, 7) is 4.98. The van der Waals surface area contributed by atoms with Gasteiger partial charge in [-0.1, -0.05) is 53.1 Å². The van der Waals surface area contributed by atoms with Crippen LogP contribution in [-0.4, -0.2) is 17.7 Å². The number of anilines is 1. The molecule has 1 heterocycles. The Kier molecular flexibility index (Phi) is 6.01. The van der Waals surface area contributed by atoms with Crippen LogP contribution in [0.1, 0.15) is 31.7 Å². The topological polar surface area (TPSA) is 69.1 Å². The van der Waals surface area contributed by atoms with Gasteiger partial charge in [0.25, 0.3) is 0 Å². The minimum atomic E-state index is -0.151. The van der Waals surface area contributed by atoms with E-state index in [0.29, 0.717) is 25.4 Å². The van der Waals surface area contributed by atoms with Gasteiger partial charge in [0, 0.05) is 17.4 Å². The van der Waals surface area contributed by atoms with Gasteiger partial charge in [-0.05, 0) is 32.8 Å². The first-order chi connectivity index (χ1) is 13.1. The van der Waals surface area contributed by atoms with Gasteiger partial charge < -0.3 is 4.74 Å². The molecule has 0 spiro atoms. The number of carbonyl (C=O) groups excluding carboxylic acids is 1. The highest BCUT2D eigenvalue weighted by Gasteiger charge is 2.17. The summed E-state index contributed by atoms with van der Waals surface area (Å²) in [5.74, 6) is 0.500. The summed E-state index contributed by atoms with van der Waals surface area (Å²) in [5.41, 5.74) is 9.59. The molecule has 0 saturated carbocycles. The summed E-state index contributed by atoms with van der Waals surface area (Å²) in [4.78, 5) is 11.5. The lowest BCUT2D eigenvalue weighted by Crippen LogP contribution is -2.41. The lowest BCUT2D eigenvalue weighted by Gasteiger charge is -2.10. The number of rotatable bonds is 7. The predicted octanol–water partition coefficient (Wildman–Crippen LogP) is 3.81.